The number of aromatic nitrogens is 2. The molecule has 0 fully saturated rings. The highest BCUT2D eigenvalue weighted by molar-refractivity contribution is 7.15. The molecule has 0 bridgehead atoms. The Morgan fingerprint density at radius 1 is 1.44 bits per heavy atom. The summed E-state index contributed by atoms with van der Waals surface area (Å²) in [7, 11) is 0. The summed E-state index contributed by atoms with van der Waals surface area (Å²) in [5, 5.41) is 11.2. The number of thiazole rings is 1. The molecular weight excluding hydrogens is 242 g/mol. The highest BCUT2D eigenvalue weighted by Crippen LogP contribution is 2.32. The number of imidazole rings is 1. The van der Waals surface area contributed by atoms with Gasteiger partial charge in [-0.15, -0.1) is 11.3 Å². The zero-order valence-electron chi connectivity index (χ0n) is 11.6. The van der Waals surface area contributed by atoms with E-state index in [2.05, 4.69) is 50.5 Å². The smallest absolute Gasteiger partial charge is 0.194 e. The molecule has 2 heterocycles. The largest absolute Gasteiger partial charge is 0.290 e. The Bertz CT molecular complexity index is 605. The summed E-state index contributed by atoms with van der Waals surface area (Å²) < 4.78 is 2.18. The first-order valence-electron chi connectivity index (χ1n) is 6.22. The predicted octanol–water partition coefficient (Wildman–Crippen LogP) is 3.88. The Balaban J connectivity index is 2.76. The van der Waals surface area contributed by atoms with E-state index in [-0.39, 0.29) is 5.41 Å². The fourth-order valence-corrected chi connectivity index (χ4v) is 3.24. The zero-order valence-corrected chi connectivity index (χ0v) is 12.4. The summed E-state index contributed by atoms with van der Waals surface area (Å²) in [5.41, 5.74) is 3.35. The summed E-state index contributed by atoms with van der Waals surface area (Å²) in [6, 6.07) is 2.27. The summed E-state index contributed by atoms with van der Waals surface area (Å²) in [5.74, 6) is 0.443. The van der Waals surface area contributed by atoms with Crippen molar-refractivity contribution < 1.29 is 0 Å². The molecule has 0 aliphatic rings. The lowest BCUT2D eigenvalue weighted by molar-refractivity contribution is 0.566. The number of rotatable bonds is 2. The molecule has 0 saturated carbocycles. The van der Waals surface area contributed by atoms with Crippen LogP contribution >= 0.6 is 11.3 Å². The minimum Gasteiger partial charge on any atom is -0.290 e. The van der Waals surface area contributed by atoms with Gasteiger partial charge in [-0.05, 0) is 5.92 Å². The number of hydrogen-bond donors (Lipinski definition) is 0. The number of nitriles is 1. The standard InChI is InChI=1S/C14H19N3S/c1-9(2)11-8-18-13-16-12(14(3,4)5)10(6-7-15)17(11)13/h8-9H,6H2,1-5H3. The maximum absolute atomic E-state index is 9.07. The SMILES string of the molecule is CC(C)c1csc2nc(C(C)(C)C)c(CC#N)n12. The first-order valence-corrected chi connectivity index (χ1v) is 7.10. The van der Waals surface area contributed by atoms with Crippen molar-refractivity contribution in [3.8, 4) is 6.07 Å². The van der Waals surface area contributed by atoms with E-state index < -0.39 is 0 Å². The van der Waals surface area contributed by atoms with Crippen LogP contribution < -0.4 is 0 Å². The summed E-state index contributed by atoms with van der Waals surface area (Å²) in [4.78, 5) is 5.74. The van der Waals surface area contributed by atoms with E-state index >= 15 is 0 Å². The van der Waals surface area contributed by atoms with Gasteiger partial charge in [0, 0.05) is 16.5 Å². The molecule has 2 aromatic rings. The van der Waals surface area contributed by atoms with Crippen molar-refractivity contribution in [2.75, 3.05) is 0 Å². The molecule has 0 aliphatic heterocycles. The van der Waals surface area contributed by atoms with E-state index in [1.54, 1.807) is 11.3 Å². The van der Waals surface area contributed by atoms with Crippen LogP contribution in [-0.4, -0.2) is 9.38 Å². The van der Waals surface area contributed by atoms with E-state index in [9.17, 15) is 0 Å². The Morgan fingerprint density at radius 2 is 2.11 bits per heavy atom. The quantitative estimate of drug-likeness (QED) is 0.823. The lowest BCUT2D eigenvalue weighted by atomic mass is 9.90. The summed E-state index contributed by atoms with van der Waals surface area (Å²) in [6.07, 6.45) is 0.421. The molecule has 2 rings (SSSR count). The van der Waals surface area contributed by atoms with Gasteiger partial charge in [-0.1, -0.05) is 34.6 Å². The molecule has 0 unspecified atom stereocenters. The number of hydrogen-bond acceptors (Lipinski definition) is 3. The van der Waals surface area contributed by atoms with Crippen LogP contribution in [-0.2, 0) is 11.8 Å². The highest BCUT2D eigenvalue weighted by atomic mass is 32.1. The molecule has 0 aromatic carbocycles. The van der Waals surface area contributed by atoms with Crippen LogP contribution in [0, 0.1) is 11.3 Å². The first-order chi connectivity index (χ1) is 8.36. The number of nitrogens with zero attached hydrogens (tertiary/aromatic N) is 3. The van der Waals surface area contributed by atoms with Crippen molar-refractivity contribution in [2.24, 2.45) is 0 Å². The van der Waals surface area contributed by atoms with Crippen molar-refractivity contribution in [3.63, 3.8) is 0 Å². The van der Waals surface area contributed by atoms with E-state index in [0.29, 0.717) is 12.3 Å². The van der Waals surface area contributed by atoms with E-state index in [0.717, 1.165) is 16.3 Å². The number of fused-ring (bicyclic) bond motifs is 1. The average Bonchev–Trinajstić information content (AvgIpc) is 2.77. The second kappa shape index (κ2) is 4.40. The monoisotopic (exact) mass is 261 g/mol. The van der Waals surface area contributed by atoms with E-state index in [1.807, 2.05) is 0 Å². The van der Waals surface area contributed by atoms with Gasteiger partial charge in [0.25, 0.3) is 0 Å². The van der Waals surface area contributed by atoms with Crippen LogP contribution in [0.15, 0.2) is 5.38 Å². The van der Waals surface area contributed by atoms with Crippen molar-refractivity contribution in [1.29, 1.82) is 5.26 Å². The third kappa shape index (κ3) is 2.04. The molecule has 0 spiro atoms. The Kier molecular flexibility index (Phi) is 3.20. The molecule has 0 amide bonds. The van der Waals surface area contributed by atoms with Gasteiger partial charge < -0.3 is 0 Å². The maximum Gasteiger partial charge on any atom is 0.194 e. The molecule has 3 nitrogen and oxygen atoms in total. The van der Waals surface area contributed by atoms with Gasteiger partial charge in [0.1, 0.15) is 0 Å². The molecule has 96 valence electrons. The molecule has 4 heteroatoms. The zero-order chi connectivity index (χ0) is 13.5. The second-order valence-corrected chi connectivity index (χ2v) is 6.76. The Morgan fingerprint density at radius 3 is 2.61 bits per heavy atom. The van der Waals surface area contributed by atoms with Gasteiger partial charge in [0.15, 0.2) is 4.96 Å². The van der Waals surface area contributed by atoms with E-state index in [4.69, 9.17) is 10.2 Å². The first kappa shape index (κ1) is 13.1. The average molecular weight is 261 g/mol. The van der Waals surface area contributed by atoms with Gasteiger partial charge in [-0.2, -0.15) is 5.26 Å². The predicted molar refractivity (Wildman–Crippen MR) is 75.2 cm³/mol. The normalized spacial score (nSPS) is 12.3. The third-order valence-electron chi connectivity index (χ3n) is 3.03. The van der Waals surface area contributed by atoms with Crippen LogP contribution in [0.5, 0.6) is 0 Å². The lowest BCUT2D eigenvalue weighted by Crippen LogP contribution is -2.15. The van der Waals surface area contributed by atoms with Crippen molar-refractivity contribution in [2.45, 2.75) is 52.4 Å². The van der Waals surface area contributed by atoms with Crippen LogP contribution in [0.25, 0.3) is 4.96 Å². The fraction of sp³-hybridized carbons (Fsp3) is 0.571. The van der Waals surface area contributed by atoms with Crippen molar-refractivity contribution in [3.05, 3.63) is 22.5 Å². The van der Waals surface area contributed by atoms with Gasteiger partial charge in [-0.3, -0.25) is 4.40 Å². The fourth-order valence-electron chi connectivity index (χ4n) is 2.18. The van der Waals surface area contributed by atoms with E-state index in [1.165, 1.54) is 5.69 Å². The molecule has 18 heavy (non-hydrogen) atoms. The summed E-state index contributed by atoms with van der Waals surface area (Å²) >= 11 is 1.66. The molecule has 0 radical (unpaired) electrons. The summed E-state index contributed by atoms with van der Waals surface area (Å²) in [6.45, 7) is 10.8. The van der Waals surface area contributed by atoms with Gasteiger partial charge >= 0.3 is 0 Å². The minimum atomic E-state index is -0.0217. The molecule has 0 atom stereocenters. The molecular formula is C14H19N3S. The van der Waals surface area contributed by atoms with Gasteiger partial charge in [0.05, 0.1) is 23.9 Å². The van der Waals surface area contributed by atoms with Crippen LogP contribution in [0.3, 0.4) is 0 Å². The van der Waals surface area contributed by atoms with Crippen LogP contribution in [0.4, 0.5) is 0 Å². The van der Waals surface area contributed by atoms with Crippen LogP contribution in [0.2, 0.25) is 0 Å². The third-order valence-corrected chi connectivity index (χ3v) is 3.88. The minimum absolute atomic E-state index is 0.0217. The van der Waals surface area contributed by atoms with Crippen LogP contribution in [0.1, 0.15) is 57.6 Å². The molecule has 2 aromatic heterocycles. The Hall–Kier alpha value is -1.34. The van der Waals surface area contributed by atoms with Gasteiger partial charge in [0.2, 0.25) is 0 Å². The van der Waals surface area contributed by atoms with Crippen molar-refractivity contribution >= 4 is 16.3 Å². The molecule has 0 aliphatic carbocycles. The molecule has 0 N–H and O–H groups in total. The maximum atomic E-state index is 9.07. The Labute approximate surface area is 112 Å². The topological polar surface area (TPSA) is 41.1 Å². The highest BCUT2D eigenvalue weighted by Gasteiger charge is 2.25. The van der Waals surface area contributed by atoms with Gasteiger partial charge in [-0.25, -0.2) is 4.98 Å². The molecule has 0 saturated heterocycles. The van der Waals surface area contributed by atoms with Crippen molar-refractivity contribution in [1.82, 2.24) is 9.38 Å². The second-order valence-electron chi connectivity index (χ2n) is 5.93. The lowest BCUT2D eigenvalue weighted by Gasteiger charge is -2.17.